The summed E-state index contributed by atoms with van der Waals surface area (Å²) in [6.07, 6.45) is 2.08. The maximum absolute atomic E-state index is 10.4. The molecule has 0 saturated heterocycles. The number of carbonyl (C=O) groups is 1. The molecule has 4 heteroatoms. The van der Waals surface area contributed by atoms with Crippen LogP contribution >= 0.6 is 0 Å². The predicted octanol–water partition coefficient (Wildman–Crippen LogP) is 0.594. The third kappa shape index (κ3) is 4.05. The first-order chi connectivity index (χ1) is 4.70. The predicted molar refractivity (Wildman–Crippen MR) is 34.3 cm³/mol. The largest absolute Gasteiger partial charge is 0.466 e. The molecule has 1 unspecified atom stereocenters. The number of rotatable bonds is 3. The zero-order valence-electron chi connectivity index (χ0n) is 5.90. The fourth-order valence-corrected chi connectivity index (χ4v) is 0.317. The lowest BCUT2D eigenvalue weighted by Gasteiger charge is -1.97. The maximum Gasteiger partial charge on any atom is 0.330 e. The van der Waals surface area contributed by atoms with Gasteiger partial charge < -0.3 is 4.74 Å². The van der Waals surface area contributed by atoms with Crippen LogP contribution in [0.5, 0.6) is 0 Å². The van der Waals surface area contributed by atoms with E-state index in [9.17, 15) is 4.79 Å². The molecule has 0 aliphatic rings. The van der Waals surface area contributed by atoms with E-state index in [1.54, 1.807) is 6.92 Å². The smallest absolute Gasteiger partial charge is 0.330 e. The van der Waals surface area contributed by atoms with Crippen molar-refractivity contribution in [3.63, 3.8) is 0 Å². The molecule has 0 amide bonds. The summed E-state index contributed by atoms with van der Waals surface area (Å²) in [5, 5.41) is 8.02. The maximum atomic E-state index is 10.4. The van der Waals surface area contributed by atoms with Crippen molar-refractivity contribution in [2.75, 3.05) is 7.11 Å². The van der Waals surface area contributed by atoms with Crippen molar-refractivity contribution in [2.45, 2.75) is 13.0 Å². The highest BCUT2D eigenvalue weighted by Crippen LogP contribution is 1.89. The molecule has 0 spiro atoms. The second-order valence-electron chi connectivity index (χ2n) is 1.69. The average Bonchev–Trinajstić information content (AvgIpc) is 1.99. The third-order valence-electron chi connectivity index (χ3n) is 0.871. The zero-order valence-corrected chi connectivity index (χ0v) is 5.90. The standard InChI is InChI=1S/C6H10O4/c1-5(10-8)3-4-6(7)9-2/h3-5,8H,1-2H3. The van der Waals surface area contributed by atoms with Gasteiger partial charge in [0.1, 0.15) is 6.10 Å². The Morgan fingerprint density at radius 3 is 2.70 bits per heavy atom. The van der Waals surface area contributed by atoms with Gasteiger partial charge >= 0.3 is 5.97 Å². The lowest BCUT2D eigenvalue weighted by molar-refractivity contribution is -0.261. The quantitative estimate of drug-likeness (QED) is 0.274. The number of hydrogen-bond donors (Lipinski definition) is 1. The number of ether oxygens (including phenoxy) is 1. The van der Waals surface area contributed by atoms with E-state index < -0.39 is 12.1 Å². The zero-order chi connectivity index (χ0) is 7.98. The van der Waals surface area contributed by atoms with Crippen molar-refractivity contribution >= 4 is 5.97 Å². The molecule has 0 radical (unpaired) electrons. The van der Waals surface area contributed by atoms with Crippen molar-refractivity contribution in [2.24, 2.45) is 0 Å². The number of esters is 1. The molecule has 0 bridgehead atoms. The normalized spacial score (nSPS) is 13.5. The molecule has 0 aliphatic heterocycles. The number of methoxy groups -OCH3 is 1. The van der Waals surface area contributed by atoms with Crippen LogP contribution in [0.15, 0.2) is 12.2 Å². The summed E-state index contributed by atoms with van der Waals surface area (Å²) in [7, 11) is 1.27. The molecule has 1 N–H and O–H groups in total. The van der Waals surface area contributed by atoms with Gasteiger partial charge in [0.05, 0.1) is 7.11 Å². The van der Waals surface area contributed by atoms with Gasteiger partial charge in [-0.1, -0.05) is 0 Å². The molecule has 4 nitrogen and oxygen atoms in total. The molecule has 0 aromatic rings. The van der Waals surface area contributed by atoms with Gasteiger partial charge in [0.15, 0.2) is 0 Å². The molecule has 0 aromatic carbocycles. The van der Waals surface area contributed by atoms with E-state index in [1.807, 2.05) is 0 Å². The van der Waals surface area contributed by atoms with Crippen molar-refractivity contribution < 1.29 is 19.7 Å². The summed E-state index contributed by atoms with van der Waals surface area (Å²) in [5.74, 6) is -0.469. The van der Waals surface area contributed by atoms with E-state index in [2.05, 4.69) is 9.62 Å². The Kier molecular flexibility index (Phi) is 4.53. The van der Waals surface area contributed by atoms with Crippen LogP contribution in [-0.2, 0) is 14.4 Å². The van der Waals surface area contributed by atoms with Crippen LogP contribution in [-0.4, -0.2) is 24.4 Å². The van der Waals surface area contributed by atoms with E-state index in [0.717, 1.165) is 0 Å². The van der Waals surface area contributed by atoms with Crippen LogP contribution in [0.2, 0.25) is 0 Å². The Morgan fingerprint density at radius 2 is 2.30 bits per heavy atom. The van der Waals surface area contributed by atoms with Crippen molar-refractivity contribution in [1.82, 2.24) is 0 Å². The topological polar surface area (TPSA) is 55.8 Å². The summed E-state index contributed by atoms with van der Waals surface area (Å²) in [6, 6.07) is 0. The molecule has 0 heterocycles. The van der Waals surface area contributed by atoms with Crippen molar-refractivity contribution in [1.29, 1.82) is 0 Å². The Labute approximate surface area is 59.0 Å². The molecule has 10 heavy (non-hydrogen) atoms. The second kappa shape index (κ2) is 4.96. The average molecular weight is 146 g/mol. The molecule has 0 fully saturated rings. The monoisotopic (exact) mass is 146 g/mol. The van der Waals surface area contributed by atoms with Gasteiger partial charge in [-0.3, -0.25) is 5.26 Å². The lowest BCUT2D eigenvalue weighted by atomic mass is 10.3. The summed E-state index contributed by atoms with van der Waals surface area (Å²) in [6.45, 7) is 1.58. The Balaban J connectivity index is 3.63. The Morgan fingerprint density at radius 1 is 1.70 bits per heavy atom. The van der Waals surface area contributed by atoms with Crippen LogP contribution in [0.1, 0.15) is 6.92 Å². The van der Waals surface area contributed by atoms with Gasteiger partial charge in [-0.2, -0.15) is 0 Å². The minimum Gasteiger partial charge on any atom is -0.466 e. The number of carbonyl (C=O) groups excluding carboxylic acids is 1. The van der Waals surface area contributed by atoms with Crippen LogP contribution in [0.25, 0.3) is 0 Å². The first-order valence-corrected chi connectivity index (χ1v) is 2.77. The van der Waals surface area contributed by atoms with E-state index in [-0.39, 0.29) is 0 Å². The lowest BCUT2D eigenvalue weighted by Crippen LogP contribution is -2.02. The fraction of sp³-hybridized carbons (Fsp3) is 0.500. The van der Waals surface area contributed by atoms with Crippen molar-refractivity contribution in [3.8, 4) is 0 Å². The first-order valence-electron chi connectivity index (χ1n) is 2.77. The minimum absolute atomic E-state index is 0.469. The SMILES string of the molecule is COC(=O)C=CC(C)OO. The van der Waals surface area contributed by atoms with Gasteiger partial charge in [0, 0.05) is 6.08 Å². The summed E-state index contributed by atoms with van der Waals surface area (Å²) < 4.78 is 4.28. The minimum atomic E-state index is -0.487. The molecular formula is C6H10O4. The van der Waals surface area contributed by atoms with Crippen molar-refractivity contribution in [3.05, 3.63) is 12.2 Å². The van der Waals surface area contributed by atoms with E-state index in [0.29, 0.717) is 0 Å². The Bertz CT molecular complexity index is 130. The highest BCUT2D eigenvalue weighted by atomic mass is 17.1. The van der Waals surface area contributed by atoms with E-state index in [4.69, 9.17) is 5.26 Å². The third-order valence-corrected chi connectivity index (χ3v) is 0.871. The van der Waals surface area contributed by atoms with E-state index in [1.165, 1.54) is 19.3 Å². The Hall–Kier alpha value is -0.870. The molecule has 0 rings (SSSR count). The number of hydrogen-bond acceptors (Lipinski definition) is 4. The molecule has 0 aliphatic carbocycles. The highest BCUT2D eigenvalue weighted by molar-refractivity contribution is 5.81. The summed E-state index contributed by atoms with van der Waals surface area (Å²) >= 11 is 0. The van der Waals surface area contributed by atoms with Gasteiger partial charge in [-0.25, -0.2) is 9.68 Å². The van der Waals surface area contributed by atoms with Gasteiger partial charge in [0.2, 0.25) is 0 Å². The highest BCUT2D eigenvalue weighted by Gasteiger charge is 1.95. The summed E-state index contributed by atoms with van der Waals surface area (Å²) in [4.78, 5) is 14.2. The molecule has 0 saturated carbocycles. The van der Waals surface area contributed by atoms with Crippen LogP contribution in [0.4, 0.5) is 0 Å². The van der Waals surface area contributed by atoms with Gasteiger partial charge in [-0.15, -0.1) is 0 Å². The molecule has 0 aromatic heterocycles. The van der Waals surface area contributed by atoms with Gasteiger partial charge in [0.25, 0.3) is 0 Å². The second-order valence-corrected chi connectivity index (χ2v) is 1.69. The van der Waals surface area contributed by atoms with Gasteiger partial charge in [-0.05, 0) is 13.0 Å². The van der Waals surface area contributed by atoms with Crippen LogP contribution in [0, 0.1) is 0 Å². The molecule has 1 atom stereocenters. The molecular weight excluding hydrogens is 136 g/mol. The molecule has 58 valence electrons. The fourth-order valence-electron chi connectivity index (χ4n) is 0.317. The van der Waals surface area contributed by atoms with E-state index >= 15 is 0 Å². The van der Waals surface area contributed by atoms with Crippen LogP contribution < -0.4 is 0 Å². The summed E-state index contributed by atoms with van der Waals surface area (Å²) in [5.41, 5.74) is 0. The first kappa shape index (κ1) is 9.13. The van der Waals surface area contributed by atoms with Crippen LogP contribution in [0.3, 0.4) is 0 Å².